The van der Waals surface area contributed by atoms with Gasteiger partial charge in [0, 0.05) is 5.69 Å². The molecule has 0 unspecified atom stereocenters. The molecule has 0 saturated heterocycles. The minimum absolute atomic E-state index is 0.340. The van der Waals surface area contributed by atoms with Crippen LogP contribution in [0.2, 0.25) is 0 Å². The summed E-state index contributed by atoms with van der Waals surface area (Å²) in [6, 6.07) is 13.3. The van der Waals surface area contributed by atoms with E-state index in [1.807, 2.05) is 30.3 Å². The quantitative estimate of drug-likeness (QED) is 0.881. The first kappa shape index (κ1) is 12.9. The van der Waals surface area contributed by atoms with Crippen molar-refractivity contribution in [3.8, 4) is 0 Å². The summed E-state index contributed by atoms with van der Waals surface area (Å²) in [5, 5.41) is 5.74. The Morgan fingerprint density at radius 1 is 1.16 bits per heavy atom. The van der Waals surface area contributed by atoms with E-state index in [9.17, 15) is 4.79 Å². The molecule has 0 spiro atoms. The summed E-state index contributed by atoms with van der Waals surface area (Å²) in [5.41, 5.74) is 1.55. The number of nitrogens with one attached hydrogen (secondary N) is 2. The number of nitrogens with zero attached hydrogens (tertiary/aromatic N) is 1. The number of anilines is 3. The first-order valence-electron chi connectivity index (χ1n) is 6.00. The van der Waals surface area contributed by atoms with Gasteiger partial charge in [0.25, 0.3) is 0 Å². The van der Waals surface area contributed by atoms with E-state index >= 15 is 0 Å². The molecule has 98 valence electrons. The summed E-state index contributed by atoms with van der Waals surface area (Å²) in [4.78, 5) is 15.4. The van der Waals surface area contributed by atoms with Crippen LogP contribution in [0.1, 0.15) is 6.92 Å². The molecule has 1 heterocycles. The lowest BCUT2D eigenvalue weighted by molar-refractivity contribution is 0.168. The summed E-state index contributed by atoms with van der Waals surface area (Å²) in [7, 11) is 0. The number of rotatable bonds is 4. The fraction of sp³-hybridized carbons (Fsp3) is 0.143. The highest BCUT2D eigenvalue weighted by Crippen LogP contribution is 2.15. The Labute approximate surface area is 111 Å². The van der Waals surface area contributed by atoms with E-state index in [1.54, 1.807) is 25.3 Å². The van der Waals surface area contributed by atoms with Crippen LogP contribution in [-0.4, -0.2) is 17.7 Å². The summed E-state index contributed by atoms with van der Waals surface area (Å²) in [6.45, 7) is 2.09. The second kappa shape index (κ2) is 6.39. The number of benzene rings is 1. The van der Waals surface area contributed by atoms with Crippen LogP contribution < -0.4 is 10.6 Å². The average Bonchev–Trinajstić information content (AvgIpc) is 2.42. The molecule has 2 rings (SSSR count). The van der Waals surface area contributed by atoms with Crippen molar-refractivity contribution in [3.05, 3.63) is 48.7 Å². The standard InChI is InChI=1S/C14H15N3O2/c1-2-19-14(18)17-12-8-9-13(15-10-12)16-11-6-4-3-5-7-11/h3-10H,2H2,1H3,(H,15,16)(H,17,18). The Hall–Kier alpha value is -2.56. The van der Waals surface area contributed by atoms with Crippen LogP contribution in [0.15, 0.2) is 48.7 Å². The Bertz CT molecular complexity index is 526. The van der Waals surface area contributed by atoms with Gasteiger partial charge in [0.05, 0.1) is 18.5 Å². The van der Waals surface area contributed by atoms with Crippen molar-refractivity contribution in [1.82, 2.24) is 4.98 Å². The third-order valence-corrected chi connectivity index (χ3v) is 2.33. The zero-order chi connectivity index (χ0) is 13.5. The van der Waals surface area contributed by atoms with Crippen LogP contribution in [-0.2, 0) is 4.74 Å². The SMILES string of the molecule is CCOC(=O)Nc1ccc(Nc2ccccc2)nc1. The van der Waals surface area contributed by atoms with Gasteiger partial charge >= 0.3 is 6.09 Å². The summed E-state index contributed by atoms with van der Waals surface area (Å²) in [6.07, 6.45) is 1.09. The second-order valence-corrected chi connectivity index (χ2v) is 3.77. The molecule has 0 fully saturated rings. The number of ether oxygens (including phenoxy) is 1. The van der Waals surface area contributed by atoms with Crippen molar-refractivity contribution >= 4 is 23.3 Å². The van der Waals surface area contributed by atoms with Crippen molar-refractivity contribution in [2.75, 3.05) is 17.2 Å². The van der Waals surface area contributed by atoms with E-state index in [0.717, 1.165) is 5.69 Å². The normalized spacial score (nSPS) is 9.74. The first-order chi connectivity index (χ1) is 9.28. The van der Waals surface area contributed by atoms with Gasteiger partial charge in [0.15, 0.2) is 0 Å². The number of hydrogen-bond donors (Lipinski definition) is 2. The van der Waals surface area contributed by atoms with Gasteiger partial charge in [-0.2, -0.15) is 0 Å². The number of amides is 1. The molecule has 0 atom stereocenters. The van der Waals surface area contributed by atoms with E-state index in [0.29, 0.717) is 18.1 Å². The van der Waals surface area contributed by atoms with Crippen LogP contribution in [0.3, 0.4) is 0 Å². The van der Waals surface area contributed by atoms with Gasteiger partial charge in [0.2, 0.25) is 0 Å². The molecule has 0 aliphatic heterocycles. The van der Waals surface area contributed by atoms with E-state index in [2.05, 4.69) is 15.6 Å². The minimum Gasteiger partial charge on any atom is -0.450 e. The lowest BCUT2D eigenvalue weighted by Gasteiger charge is -2.07. The number of carbonyl (C=O) groups excluding carboxylic acids is 1. The van der Waals surface area contributed by atoms with Crippen LogP contribution >= 0.6 is 0 Å². The number of para-hydroxylation sites is 1. The first-order valence-corrected chi connectivity index (χ1v) is 6.00. The minimum atomic E-state index is -0.479. The maximum Gasteiger partial charge on any atom is 0.411 e. The van der Waals surface area contributed by atoms with Crippen molar-refractivity contribution in [2.45, 2.75) is 6.92 Å². The van der Waals surface area contributed by atoms with Gasteiger partial charge in [0.1, 0.15) is 5.82 Å². The molecule has 0 aliphatic carbocycles. The molecule has 0 bridgehead atoms. The van der Waals surface area contributed by atoms with Crippen molar-refractivity contribution in [1.29, 1.82) is 0 Å². The number of pyridine rings is 1. The largest absolute Gasteiger partial charge is 0.450 e. The maximum absolute atomic E-state index is 11.2. The Kier molecular flexibility index (Phi) is 4.34. The van der Waals surface area contributed by atoms with Crippen LogP contribution in [0, 0.1) is 0 Å². The Balaban J connectivity index is 1.97. The molecule has 0 saturated carbocycles. The summed E-state index contributed by atoms with van der Waals surface area (Å²) in [5.74, 6) is 0.709. The van der Waals surface area contributed by atoms with Crippen molar-refractivity contribution in [3.63, 3.8) is 0 Å². The molecule has 19 heavy (non-hydrogen) atoms. The van der Waals surface area contributed by atoms with E-state index in [1.165, 1.54) is 0 Å². The van der Waals surface area contributed by atoms with Gasteiger partial charge < -0.3 is 10.1 Å². The van der Waals surface area contributed by atoms with Crippen LogP contribution in [0.4, 0.5) is 22.0 Å². The van der Waals surface area contributed by atoms with Crippen molar-refractivity contribution in [2.24, 2.45) is 0 Å². The topological polar surface area (TPSA) is 63.2 Å². The predicted octanol–water partition coefficient (Wildman–Crippen LogP) is 3.39. The van der Waals surface area contributed by atoms with Gasteiger partial charge in [-0.3, -0.25) is 5.32 Å². The second-order valence-electron chi connectivity index (χ2n) is 3.77. The molecular weight excluding hydrogens is 242 g/mol. The fourth-order valence-electron chi connectivity index (χ4n) is 1.50. The van der Waals surface area contributed by atoms with Crippen LogP contribution in [0.5, 0.6) is 0 Å². The zero-order valence-electron chi connectivity index (χ0n) is 10.6. The summed E-state index contributed by atoms with van der Waals surface area (Å²) >= 11 is 0. The Morgan fingerprint density at radius 2 is 1.95 bits per heavy atom. The number of carbonyl (C=O) groups is 1. The van der Waals surface area contributed by atoms with Gasteiger partial charge in [-0.25, -0.2) is 9.78 Å². The number of aromatic nitrogens is 1. The molecule has 0 radical (unpaired) electrons. The van der Waals surface area contributed by atoms with Crippen LogP contribution in [0.25, 0.3) is 0 Å². The highest BCUT2D eigenvalue weighted by atomic mass is 16.5. The molecule has 1 aromatic heterocycles. The lowest BCUT2D eigenvalue weighted by atomic mass is 10.3. The third kappa shape index (κ3) is 3.99. The fourth-order valence-corrected chi connectivity index (χ4v) is 1.50. The van der Waals surface area contributed by atoms with E-state index in [-0.39, 0.29) is 0 Å². The molecule has 0 aliphatic rings. The zero-order valence-corrected chi connectivity index (χ0v) is 10.6. The average molecular weight is 257 g/mol. The monoisotopic (exact) mass is 257 g/mol. The molecule has 2 N–H and O–H groups in total. The van der Waals surface area contributed by atoms with Gasteiger partial charge in [-0.15, -0.1) is 0 Å². The highest BCUT2D eigenvalue weighted by molar-refractivity contribution is 5.84. The Morgan fingerprint density at radius 3 is 2.58 bits per heavy atom. The molecule has 1 aromatic carbocycles. The van der Waals surface area contributed by atoms with E-state index < -0.39 is 6.09 Å². The maximum atomic E-state index is 11.2. The predicted molar refractivity (Wildman–Crippen MR) is 74.6 cm³/mol. The van der Waals surface area contributed by atoms with Crippen molar-refractivity contribution < 1.29 is 9.53 Å². The number of hydrogen-bond acceptors (Lipinski definition) is 4. The molecule has 1 amide bonds. The molecular formula is C14H15N3O2. The molecule has 5 nitrogen and oxygen atoms in total. The summed E-state index contributed by atoms with van der Waals surface area (Å²) < 4.78 is 4.78. The van der Waals surface area contributed by atoms with E-state index in [4.69, 9.17) is 4.74 Å². The smallest absolute Gasteiger partial charge is 0.411 e. The lowest BCUT2D eigenvalue weighted by Crippen LogP contribution is -2.13. The van der Waals surface area contributed by atoms with Gasteiger partial charge in [-0.05, 0) is 31.2 Å². The molecule has 2 aromatic rings. The van der Waals surface area contributed by atoms with Gasteiger partial charge in [-0.1, -0.05) is 18.2 Å². The highest BCUT2D eigenvalue weighted by Gasteiger charge is 2.02. The third-order valence-electron chi connectivity index (χ3n) is 2.33. The molecule has 5 heteroatoms.